The summed E-state index contributed by atoms with van der Waals surface area (Å²) in [6.07, 6.45) is 7.12. The molecule has 0 aliphatic rings. The maximum absolute atomic E-state index is 12.6. The molecule has 154 valence electrons. The van der Waals surface area contributed by atoms with E-state index in [0.29, 0.717) is 12.2 Å². The van der Waals surface area contributed by atoms with Gasteiger partial charge in [-0.05, 0) is 48.9 Å². The van der Waals surface area contributed by atoms with E-state index in [2.05, 4.69) is 67.6 Å². The largest absolute Gasteiger partial charge is 0.462 e. The van der Waals surface area contributed by atoms with Crippen LogP contribution in [0.4, 0.5) is 0 Å². The summed E-state index contributed by atoms with van der Waals surface area (Å²) in [7, 11) is -0.125. The van der Waals surface area contributed by atoms with Gasteiger partial charge >= 0.3 is 5.97 Å². The van der Waals surface area contributed by atoms with E-state index in [4.69, 9.17) is 4.74 Å². The van der Waals surface area contributed by atoms with E-state index < -0.39 is 0 Å². The number of unbranched alkanes of at least 4 members (excludes halogenated alkanes) is 5. The first-order chi connectivity index (χ1) is 14.8. The molecule has 0 radical (unpaired) electrons. The standard InChI is InChI=1S/C27H29O2S/c1-2-3-4-5-6-12-19-29-27(28)21-17-18-26-24(20-21)23-15-10-11-16-25(23)30(26)22-13-8-7-9-14-22/h7-11,13-18,20H,2-6,12,19H2,1H3/q+1. The summed E-state index contributed by atoms with van der Waals surface area (Å²) in [6.45, 7) is 2.73. The maximum atomic E-state index is 12.6. The Morgan fingerprint density at radius 3 is 2.30 bits per heavy atom. The van der Waals surface area contributed by atoms with Crippen molar-refractivity contribution in [3.63, 3.8) is 0 Å². The molecule has 4 rings (SSSR count). The molecule has 0 saturated heterocycles. The van der Waals surface area contributed by atoms with Gasteiger partial charge in [0.2, 0.25) is 0 Å². The van der Waals surface area contributed by atoms with Crippen LogP contribution in [0.1, 0.15) is 55.8 Å². The Labute approximate surface area is 181 Å². The van der Waals surface area contributed by atoms with Gasteiger partial charge in [0.05, 0.1) is 12.2 Å². The molecule has 0 amide bonds. The molecule has 0 saturated carbocycles. The minimum absolute atomic E-state index is 0.125. The zero-order valence-corrected chi connectivity index (χ0v) is 18.4. The molecule has 3 aromatic carbocycles. The van der Waals surface area contributed by atoms with Gasteiger partial charge in [-0.15, -0.1) is 0 Å². The molecule has 0 spiro atoms. The summed E-state index contributed by atoms with van der Waals surface area (Å²) in [4.78, 5) is 13.9. The first-order valence-electron chi connectivity index (χ1n) is 11.0. The summed E-state index contributed by atoms with van der Waals surface area (Å²) in [5.74, 6) is -0.213. The van der Waals surface area contributed by atoms with Crippen LogP contribution >= 0.6 is 10.5 Å². The first kappa shape index (κ1) is 20.6. The Bertz CT molecular complexity index is 1130. The van der Waals surface area contributed by atoms with Gasteiger partial charge in [0.1, 0.15) is 0 Å². The van der Waals surface area contributed by atoms with Crippen LogP contribution in [0.3, 0.4) is 0 Å². The molecule has 3 heteroatoms. The molecule has 1 unspecified atom stereocenters. The fourth-order valence-corrected chi connectivity index (χ4v) is 6.35. The fraction of sp³-hybridized carbons (Fsp3) is 0.296. The lowest BCUT2D eigenvalue weighted by atomic mass is 10.1. The van der Waals surface area contributed by atoms with Crippen molar-refractivity contribution in [1.82, 2.24) is 0 Å². The van der Waals surface area contributed by atoms with Gasteiger partial charge in [0.15, 0.2) is 14.3 Å². The summed E-state index contributed by atoms with van der Waals surface area (Å²) < 4.78 is 8.17. The van der Waals surface area contributed by atoms with Crippen LogP contribution in [0.15, 0.2) is 72.8 Å². The zero-order valence-electron chi connectivity index (χ0n) is 17.6. The van der Waals surface area contributed by atoms with Crippen molar-refractivity contribution in [3.05, 3.63) is 78.4 Å². The highest BCUT2D eigenvalue weighted by molar-refractivity contribution is 7.50. The number of hydrogen-bond donors (Lipinski definition) is 0. The Balaban J connectivity index is 1.56. The predicted octanol–water partition coefficient (Wildman–Crippen LogP) is 8.25. The average Bonchev–Trinajstić information content (AvgIpc) is 3.12. The highest BCUT2D eigenvalue weighted by atomic mass is 32.2. The molecule has 1 aromatic heterocycles. The molecule has 0 N–H and O–H groups in total. The molecule has 0 aliphatic carbocycles. The van der Waals surface area contributed by atoms with Gasteiger partial charge in [0.25, 0.3) is 0 Å². The number of ether oxygens (including phenoxy) is 1. The highest BCUT2D eigenvalue weighted by Gasteiger charge is 2.24. The molecule has 1 atom stereocenters. The van der Waals surface area contributed by atoms with Crippen LogP contribution in [0, 0.1) is 0 Å². The number of hydrogen-bond acceptors (Lipinski definition) is 2. The lowest BCUT2D eigenvalue weighted by Gasteiger charge is -2.05. The Hall–Kier alpha value is -2.65. The van der Waals surface area contributed by atoms with E-state index in [1.807, 2.05) is 12.1 Å². The van der Waals surface area contributed by atoms with Crippen molar-refractivity contribution in [1.29, 1.82) is 0 Å². The summed E-state index contributed by atoms with van der Waals surface area (Å²) >= 11 is 0. The number of carbonyl (C=O) groups is 1. The second kappa shape index (κ2) is 9.90. The lowest BCUT2D eigenvalue weighted by molar-refractivity contribution is 0.0498. The van der Waals surface area contributed by atoms with Crippen molar-refractivity contribution in [2.45, 2.75) is 45.4 Å². The van der Waals surface area contributed by atoms with Crippen LogP contribution in [-0.4, -0.2) is 12.6 Å². The third-order valence-corrected chi connectivity index (χ3v) is 7.88. The van der Waals surface area contributed by atoms with Crippen molar-refractivity contribution in [2.24, 2.45) is 0 Å². The smallest absolute Gasteiger partial charge is 0.338 e. The lowest BCUT2D eigenvalue weighted by Crippen LogP contribution is -2.06. The van der Waals surface area contributed by atoms with Gasteiger partial charge < -0.3 is 4.74 Å². The monoisotopic (exact) mass is 417 g/mol. The maximum Gasteiger partial charge on any atom is 0.338 e. The van der Waals surface area contributed by atoms with Gasteiger partial charge in [-0.3, -0.25) is 0 Å². The molecule has 4 aromatic rings. The van der Waals surface area contributed by atoms with Crippen LogP contribution in [0.25, 0.3) is 25.1 Å². The minimum Gasteiger partial charge on any atom is -0.462 e. The number of esters is 1. The minimum atomic E-state index is -0.213. The van der Waals surface area contributed by atoms with E-state index in [1.165, 1.54) is 45.4 Å². The second-order valence-electron chi connectivity index (χ2n) is 7.73. The van der Waals surface area contributed by atoms with E-state index in [9.17, 15) is 4.79 Å². The second-order valence-corrected chi connectivity index (χ2v) is 9.69. The van der Waals surface area contributed by atoms with Crippen molar-refractivity contribution in [2.75, 3.05) is 6.61 Å². The average molecular weight is 418 g/mol. The number of fused-ring (bicyclic) bond motifs is 3. The van der Waals surface area contributed by atoms with Crippen LogP contribution in [0.5, 0.6) is 0 Å². The van der Waals surface area contributed by atoms with E-state index in [1.54, 1.807) is 0 Å². The number of rotatable bonds is 9. The van der Waals surface area contributed by atoms with Crippen LogP contribution in [-0.2, 0) is 4.74 Å². The molecule has 0 fully saturated rings. The van der Waals surface area contributed by atoms with Crippen molar-refractivity contribution >= 4 is 36.6 Å². The topological polar surface area (TPSA) is 26.3 Å². The van der Waals surface area contributed by atoms with Gasteiger partial charge in [-0.2, -0.15) is 0 Å². The summed E-state index contributed by atoms with van der Waals surface area (Å²) in [5.41, 5.74) is 0.646. The quantitative estimate of drug-likeness (QED) is 0.156. The van der Waals surface area contributed by atoms with E-state index >= 15 is 0 Å². The zero-order chi connectivity index (χ0) is 20.8. The SMILES string of the molecule is CCCCCCCCOC(=O)c1ccc2c(c1)c1ccccc1[s+]2-c1ccccc1. The van der Waals surface area contributed by atoms with Gasteiger partial charge in [-0.1, -0.05) is 69.4 Å². The van der Waals surface area contributed by atoms with Gasteiger partial charge in [0, 0.05) is 21.2 Å². The molecule has 0 bridgehead atoms. The molecule has 0 aliphatic heterocycles. The number of thiophene rings is 1. The molecular weight excluding hydrogens is 388 g/mol. The van der Waals surface area contributed by atoms with Crippen molar-refractivity contribution in [3.8, 4) is 4.90 Å². The Kier molecular flexibility index (Phi) is 6.81. The third kappa shape index (κ3) is 4.41. The number of benzene rings is 3. The van der Waals surface area contributed by atoms with Crippen molar-refractivity contribution < 1.29 is 9.53 Å². The van der Waals surface area contributed by atoms with Crippen LogP contribution in [0.2, 0.25) is 0 Å². The van der Waals surface area contributed by atoms with Gasteiger partial charge in [-0.25, -0.2) is 4.79 Å². The summed E-state index contributed by atoms with van der Waals surface area (Å²) in [6, 6.07) is 25.2. The molecule has 1 heterocycles. The third-order valence-electron chi connectivity index (χ3n) is 5.54. The molecule has 2 nitrogen and oxygen atoms in total. The number of carbonyl (C=O) groups excluding carboxylic acids is 1. The first-order valence-corrected chi connectivity index (χ1v) is 12.2. The van der Waals surface area contributed by atoms with Crippen LogP contribution < -0.4 is 0 Å². The van der Waals surface area contributed by atoms with E-state index in [-0.39, 0.29) is 16.4 Å². The fourth-order valence-electron chi connectivity index (χ4n) is 3.97. The normalized spacial score (nSPS) is 11.8. The molecule has 30 heavy (non-hydrogen) atoms. The van der Waals surface area contributed by atoms with E-state index in [0.717, 1.165) is 18.2 Å². The highest BCUT2D eigenvalue weighted by Crippen LogP contribution is 2.48. The Morgan fingerprint density at radius 1 is 0.767 bits per heavy atom. The summed E-state index contributed by atoms with van der Waals surface area (Å²) in [5, 5.41) is 2.39. The molecular formula is C27H29O2S+. The predicted molar refractivity (Wildman–Crippen MR) is 129 cm³/mol. The Morgan fingerprint density at radius 2 is 1.47 bits per heavy atom.